The normalized spacial score (nSPS) is 14.2. The quantitative estimate of drug-likeness (QED) is 0.365. The summed E-state index contributed by atoms with van der Waals surface area (Å²) in [6.07, 6.45) is 0. The Morgan fingerprint density at radius 1 is 0.972 bits per heavy atom. The molecule has 1 aliphatic heterocycles. The lowest BCUT2D eigenvalue weighted by molar-refractivity contribution is 0.0727. The fourth-order valence-electron chi connectivity index (χ4n) is 3.50. The molecule has 0 unspecified atom stereocenters. The molecule has 0 aromatic heterocycles. The van der Waals surface area contributed by atoms with Gasteiger partial charge < -0.3 is 19.5 Å². The van der Waals surface area contributed by atoms with Crippen LogP contribution in [0.3, 0.4) is 0 Å². The van der Waals surface area contributed by atoms with Gasteiger partial charge in [-0.05, 0) is 54.6 Å². The molecule has 1 saturated heterocycles. The van der Waals surface area contributed by atoms with Crippen LogP contribution in [0.1, 0.15) is 20.7 Å². The predicted octanol–water partition coefficient (Wildman–Crippen LogP) is 3.84. The van der Waals surface area contributed by atoms with Gasteiger partial charge in [-0.25, -0.2) is 13.2 Å². The molecule has 0 bridgehead atoms. The molecule has 188 valence electrons. The first-order valence-electron chi connectivity index (χ1n) is 10.9. The van der Waals surface area contributed by atoms with E-state index < -0.39 is 16.0 Å². The lowest BCUT2D eigenvalue weighted by Gasteiger charge is -2.26. The van der Waals surface area contributed by atoms with Crippen LogP contribution in [0.15, 0.2) is 71.6 Å². The van der Waals surface area contributed by atoms with E-state index in [1.807, 2.05) is 0 Å². The van der Waals surface area contributed by atoms with Crippen molar-refractivity contribution in [1.29, 1.82) is 0 Å². The van der Waals surface area contributed by atoms with Crippen LogP contribution in [0.5, 0.6) is 11.5 Å². The van der Waals surface area contributed by atoms with Crippen molar-refractivity contribution in [2.45, 2.75) is 4.90 Å². The molecular formula is C25H23ClN2O7S. The van der Waals surface area contributed by atoms with Gasteiger partial charge in [0.1, 0.15) is 11.5 Å². The van der Waals surface area contributed by atoms with Crippen LogP contribution in [-0.2, 0) is 14.8 Å². The largest absolute Gasteiger partial charge is 0.497 e. The Bertz CT molecular complexity index is 1370. The zero-order valence-electron chi connectivity index (χ0n) is 19.3. The summed E-state index contributed by atoms with van der Waals surface area (Å²) in [5.74, 6) is -0.422. The van der Waals surface area contributed by atoms with E-state index in [0.29, 0.717) is 30.2 Å². The van der Waals surface area contributed by atoms with Crippen molar-refractivity contribution >= 4 is 39.2 Å². The van der Waals surface area contributed by atoms with E-state index >= 15 is 0 Å². The summed E-state index contributed by atoms with van der Waals surface area (Å²) in [5, 5.41) is 2.78. The minimum atomic E-state index is -3.83. The van der Waals surface area contributed by atoms with Crippen molar-refractivity contribution in [3.05, 3.63) is 82.9 Å². The second-order valence-corrected chi connectivity index (χ2v) is 10.1. The number of nitrogens with zero attached hydrogens (tertiary/aromatic N) is 1. The fraction of sp³-hybridized carbons (Fsp3) is 0.200. The van der Waals surface area contributed by atoms with Gasteiger partial charge in [0.15, 0.2) is 0 Å². The number of hydrogen-bond acceptors (Lipinski definition) is 7. The van der Waals surface area contributed by atoms with E-state index in [-0.39, 0.29) is 40.2 Å². The van der Waals surface area contributed by atoms with Crippen molar-refractivity contribution in [3.8, 4) is 11.5 Å². The number of benzene rings is 3. The third-order valence-corrected chi connectivity index (χ3v) is 7.64. The Morgan fingerprint density at radius 2 is 1.69 bits per heavy atom. The van der Waals surface area contributed by atoms with Crippen LogP contribution < -0.4 is 14.8 Å². The van der Waals surface area contributed by atoms with Gasteiger partial charge in [0.25, 0.3) is 5.91 Å². The van der Waals surface area contributed by atoms with Gasteiger partial charge in [-0.1, -0.05) is 17.7 Å². The van der Waals surface area contributed by atoms with Crippen molar-refractivity contribution in [3.63, 3.8) is 0 Å². The van der Waals surface area contributed by atoms with Gasteiger partial charge in [-0.2, -0.15) is 4.31 Å². The third-order valence-electron chi connectivity index (χ3n) is 5.42. The zero-order chi connectivity index (χ0) is 25.7. The molecule has 1 N–H and O–H groups in total. The molecule has 3 aromatic rings. The molecule has 1 heterocycles. The van der Waals surface area contributed by atoms with Crippen LogP contribution in [0, 0.1) is 0 Å². The van der Waals surface area contributed by atoms with E-state index in [1.165, 1.54) is 41.7 Å². The number of sulfonamides is 1. The van der Waals surface area contributed by atoms with E-state index in [1.54, 1.807) is 36.4 Å². The van der Waals surface area contributed by atoms with E-state index in [2.05, 4.69) is 5.32 Å². The molecule has 0 spiro atoms. The predicted molar refractivity (Wildman–Crippen MR) is 133 cm³/mol. The van der Waals surface area contributed by atoms with Gasteiger partial charge in [0.05, 0.1) is 35.8 Å². The van der Waals surface area contributed by atoms with Crippen molar-refractivity contribution in [1.82, 2.24) is 4.31 Å². The highest BCUT2D eigenvalue weighted by atomic mass is 35.5. The minimum absolute atomic E-state index is 0.0462. The number of amides is 1. The van der Waals surface area contributed by atoms with Gasteiger partial charge in [-0.3, -0.25) is 4.79 Å². The molecule has 1 fully saturated rings. The molecule has 0 saturated carbocycles. The Labute approximate surface area is 213 Å². The summed E-state index contributed by atoms with van der Waals surface area (Å²) in [6.45, 7) is 1.04. The lowest BCUT2D eigenvalue weighted by Crippen LogP contribution is -2.40. The number of hydrogen-bond donors (Lipinski definition) is 1. The molecule has 1 aliphatic rings. The number of carbonyl (C=O) groups is 2. The van der Waals surface area contributed by atoms with Crippen molar-refractivity contribution in [2.75, 3.05) is 38.7 Å². The monoisotopic (exact) mass is 530 g/mol. The maximum Gasteiger partial charge on any atom is 0.345 e. The second-order valence-electron chi connectivity index (χ2n) is 7.76. The summed E-state index contributed by atoms with van der Waals surface area (Å²) in [4.78, 5) is 25.3. The number of anilines is 1. The summed E-state index contributed by atoms with van der Waals surface area (Å²) in [7, 11) is -2.29. The molecule has 9 nitrogen and oxygen atoms in total. The first kappa shape index (κ1) is 25.6. The van der Waals surface area contributed by atoms with Crippen LogP contribution in [-0.4, -0.2) is 58.0 Å². The first-order chi connectivity index (χ1) is 17.3. The number of methoxy groups -OCH3 is 1. The summed E-state index contributed by atoms with van der Waals surface area (Å²) in [5.41, 5.74) is 0.720. The molecule has 0 atom stereocenters. The Kier molecular flexibility index (Phi) is 7.90. The molecule has 0 radical (unpaired) electrons. The summed E-state index contributed by atoms with van der Waals surface area (Å²) >= 11 is 6.19. The number of rotatable bonds is 7. The average molecular weight is 531 g/mol. The van der Waals surface area contributed by atoms with Crippen LogP contribution >= 0.6 is 11.6 Å². The number of esters is 1. The molecule has 0 aliphatic carbocycles. The third kappa shape index (κ3) is 5.85. The van der Waals surface area contributed by atoms with Crippen LogP contribution in [0.25, 0.3) is 0 Å². The number of halogens is 1. The first-order valence-corrected chi connectivity index (χ1v) is 12.7. The highest BCUT2D eigenvalue weighted by Gasteiger charge is 2.28. The fourth-order valence-corrected chi connectivity index (χ4v) is 5.13. The Balaban J connectivity index is 1.49. The van der Waals surface area contributed by atoms with Gasteiger partial charge in [0, 0.05) is 30.4 Å². The SMILES string of the molecule is COc1ccc(C(=O)Nc2cccc(OC(=O)c3cc(S(=O)(=O)N4CCOCC4)ccc3Cl)c2)cc1. The van der Waals surface area contributed by atoms with Crippen molar-refractivity contribution < 1.29 is 32.2 Å². The molecule has 1 amide bonds. The molecule has 36 heavy (non-hydrogen) atoms. The molecular weight excluding hydrogens is 508 g/mol. The van der Waals surface area contributed by atoms with Gasteiger partial charge in [0.2, 0.25) is 10.0 Å². The number of carbonyl (C=O) groups excluding carboxylic acids is 2. The Morgan fingerprint density at radius 3 is 2.39 bits per heavy atom. The van der Waals surface area contributed by atoms with E-state index in [4.69, 9.17) is 25.8 Å². The number of ether oxygens (including phenoxy) is 3. The second kappa shape index (κ2) is 11.1. The van der Waals surface area contributed by atoms with Gasteiger partial charge in [-0.15, -0.1) is 0 Å². The smallest absolute Gasteiger partial charge is 0.345 e. The van der Waals surface area contributed by atoms with Crippen LogP contribution in [0.2, 0.25) is 5.02 Å². The van der Waals surface area contributed by atoms with Crippen molar-refractivity contribution in [2.24, 2.45) is 0 Å². The topological polar surface area (TPSA) is 111 Å². The number of nitrogens with one attached hydrogen (secondary N) is 1. The lowest BCUT2D eigenvalue weighted by atomic mass is 10.2. The molecule has 4 rings (SSSR count). The van der Waals surface area contributed by atoms with Crippen LogP contribution in [0.4, 0.5) is 5.69 Å². The summed E-state index contributed by atoms with van der Waals surface area (Å²) < 4.78 is 43.0. The standard InChI is InChI=1S/C25H23ClN2O7S/c1-33-19-7-5-17(6-8-19)24(29)27-18-3-2-4-20(15-18)35-25(30)22-16-21(9-10-23(22)26)36(31,32)28-11-13-34-14-12-28/h2-10,15-16H,11-14H2,1H3,(H,27,29). The van der Waals surface area contributed by atoms with E-state index in [9.17, 15) is 18.0 Å². The zero-order valence-corrected chi connectivity index (χ0v) is 20.8. The molecule has 3 aromatic carbocycles. The maximum atomic E-state index is 13.0. The highest BCUT2D eigenvalue weighted by molar-refractivity contribution is 7.89. The number of morpholine rings is 1. The maximum absolute atomic E-state index is 13.0. The van der Waals surface area contributed by atoms with Gasteiger partial charge >= 0.3 is 5.97 Å². The molecule has 11 heteroatoms. The Hall–Kier alpha value is -3.44. The highest BCUT2D eigenvalue weighted by Crippen LogP contribution is 2.26. The van der Waals surface area contributed by atoms with E-state index in [0.717, 1.165) is 0 Å². The summed E-state index contributed by atoms with van der Waals surface area (Å²) in [6, 6.07) is 16.7. The average Bonchev–Trinajstić information content (AvgIpc) is 2.89. The minimum Gasteiger partial charge on any atom is -0.497 e.